The van der Waals surface area contributed by atoms with E-state index in [2.05, 4.69) is 10.3 Å². The highest BCUT2D eigenvalue weighted by Crippen LogP contribution is 2.13. The summed E-state index contributed by atoms with van der Waals surface area (Å²) in [5.41, 5.74) is 7.86. The van der Waals surface area contributed by atoms with E-state index in [0.29, 0.717) is 24.5 Å². The number of nitrogens with two attached hydrogens (primary N) is 1. The molecule has 0 saturated carbocycles. The van der Waals surface area contributed by atoms with Crippen molar-refractivity contribution in [3.8, 4) is 0 Å². The third-order valence-corrected chi connectivity index (χ3v) is 2.89. The monoisotopic (exact) mass is 270 g/mol. The maximum Gasteiger partial charge on any atom is 0.322 e. The number of hydrogen-bond donors (Lipinski definition) is 2. The molecule has 3 N–H and O–H groups in total. The van der Waals surface area contributed by atoms with Crippen LogP contribution in [0.4, 0.5) is 16.2 Å². The van der Waals surface area contributed by atoms with Crippen molar-refractivity contribution < 1.29 is 4.79 Å². The number of carbonyl (C=O) groups excluding carboxylic acids is 1. The minimum atomic E-state index is -0.163. The van der Waals surface area contributed by atoms with Gasteiger partial charge in [-0.05, 0) is 37.3 Å². The van der Waals surface area contributed by atoms with Crippen molar-refractivity contribution in [2.45, 2.75) is 13.5 Å². The summed E-state index contributed by atoms with van der Waals surface area (Å²) in [5.74, 6) is 0. The molecule has 0 aliphatic rings. The van der Waals surface area contributed by atoms with Gasteiger partial charge in [0.2, 0.25) is 0 Å². The van der Waals surface area contributed by atoms with Gasteiger partial charge in [-0.25, -0.2) is 4.79 Å². The number of anilines is 2. The van der Waals surface area contributed by atoms with Gasteiger partial charge in [0.25, 0.3) is 0 Å². The highest BCUT2D eigenvalue weighted by Gasteiger charge is 2.12. The second kappa shape index (κ2) is 6.56. The Balaban J connectivity index is 2.02. The summed E-state index contributed by atoms with van der Waals surface area (Å²) >= 11 is 0. The number of nitrogens with zero attached hydrogens (tertiary/aromatic N) is 2. The Morgan fingerprint density at radius 2 is 2.15 bits per heavy atom. The molecule has 2 rings (SSSR count). The topological polar surface area (TPSA) is 71.2 Å². The van der Waals surface area contributed by atoms with E-state index in [-0.39, 0.29) is 6.03 Å². The predicted octanol–water partition coefficient (Wildman–Crippen LogP) is 2.72. The van der Waals surface area contributed by atoms with Crippen molar-refractivity contribution in [1.82, 2.24) is 9.88 Å². The van der Waals surface area contributed by atoms with E-state index < -0.39 is 0 Å². The minimum absolute atomic E-state index is 0.163. The van der Waals surface area contributed by atoms with Crippen LogP contribution in [0.15, 0.2) is 48.7 Å². The number of aromatic nitrogens is 1. The number of benzene rings is 1. The van der Waals surface area contributed by atoms with Crippen molar-refractivity contribution in [3.63, 3.8) is 0 Å². The molecule has 1 aromatic carbocycles. The van der Waals surface area contributed by atoms with Crippen molar-refractivity contribution in [3.05, 3.63) is 54.4 Å². The minimum Gasteiger partial charge on any atom is -0.399 e. The summed E-state index contributed by atoms with van der Waals surface area (Å²) in [4.78, 5) is 18.1. The maximum absolute atomic E-state index is 12.2. The normalized spacial score (nSPS) is 10.1. The third-order valence-electron chi connectivity index (χ3n) is 2.89. The first-order valence-corrected chi connectivity index (χ1v) is 6.50. The molecule has 0 aliphatic carbocycles. The summed E-state index contributed by atoms with van der Waals surface area (Å²) in [6.07, 6.45) is 1.72. The van der Waals surface area contributed by atoms with Gasteiger partial charge < -0.3 is 16.0 Å². The summed E-state index contributed by atoms with van der Waals surface area (Å²) in [5, 5.41) is 2.83. The van der Waals surface area contributed by atoms with E-state index in [9.17, 15) is 4.79 Å². The Bertz CT molecular complexity index is 571. The van der Waals surface area contributed by atoms with Crippen molar-refractivity contribution >= 4 is 17.4 Å². The van der Waals surface area contributed by atoms with Crippen molar-refractivity contribution in [1.29, 1.82) is 0 Å². The molecule has 1 heterocycles. The molecule has 0 fully saturated rings. The Hall–Kier alpha value is -2.56. The van der Waals surface area contributed by atoms with E-state index in [1.165, 1.54) is 0 Å². The molecular formula is C15H18N4O. The smallest absolute Gasteiger partial charge is 0.322 e. The zero-order valence-corrected chi connectivity index (χ0v) is 11.4. The highest BCUT2D eigenvalue weighted by molar-refractivity contribution is 5.89. The molecule has 2 amide bonds. The van der Waals surface area contributed by atoms with E-state index in [0.717, 1.165) is 5.69 Å². The molecule has 1 aromatic heterocycles. The number of amides is 2. The van der Waals surface area contributed by atoms with Gasteiger partial charge >= 0.3 is 6.03 Å². The SMILES string of the molecule is CCN(Cc1ccccn1)C(=O)Nc1cccc(N)c1. The van der Waals surface area contributed by atoms with Crippen LogP contribution < -0.4 is 11.1 Å². The molecule has 5 nitrogen and oxygen atoms in total. The summed E-state index contributed by atoms with van der Waals surface area (Å²) in [6.45, 7) is 3.01. The zero-order chi connectivity index (χ0) is 14.4. The van der Waals surface area contributed by atoms with E-state index >= 15 is 0 Å². The lowest BCUT2D eigenvalue weighted by Crippen LogP contribution is -2.34. The Labute approximate surface area is 118 Å². The van der Waals surface area contributed by atoms with Gasteiger partial charge in [0.15, 0.2) is 0 Å². The lowest BCUT2D eigenvalue weighted by atomic mass is 10.3. The van der Waals surface area contributed by atoms with Crippen LogP contribution in [0.3, 0.4) is 0 Å². The molecule has 0 atom stereocenters. The fraction of sp³-hybridized carbons (Fsp3) is 0.200. The fourth-order valence-electron chi connectivity index (χ4n) is 1.83. The average molecular weight is 270 g/mol. The fourth-order valence-corrected chi connectivity index (χ4v) is 1.83. The quantitative estimate of drug-likeness (QED) is 0.839. The number of urea groups is 1. The molecule has 0 unspecified atom stereocenters. The van der Waals surface area contributed by atoms with Crippen LogP contribution in [0.2, 0.25) is 0 Å². The molecule has 104 valence electrons. The van der Waals surface area contributed by atoms with E-state index in [1.54, 1.807) is 29.3 Å². The van der Waals surface area contributed by atoms with Crippen LogP contribution in [0.25, 0.3) is 0 Å². The first-order chi connectivity index (χ1) is 9.69. The second-order valence-electron chi connectivity index (χ2n) is 4.39. The van der Waals surface area contributed by atoms with Gasteiger partial charge in [0.05, 0.1) is 12.2 Å². The highest BCUT2D eigenvalue weighted by atomic mass is 16.2. The lowest BCUT2D eigenvalue weighted by molar-refractivity contribution is 0.211. The predicted molar refractivity (Wildman–Crippen MR) is 80.2 cm³/mol. The zero-order valence-electron chi connectivity index (χ0n) is 11.4. The van der Waals surface area contributed by atoms with Crippen LogP contribution in [0, 0.1) is 0 Å². The van der Waals surface area contributed by atoms with E-state index in [1.807, 2.05) is 31.2 Å². The number of pyridine rings is 1. The van der Waals surface area contributed by atoms with Gasteiger partial charge in [-0.15, -0.1) is 0 Å². The molecule has 0 spiro atoms. The van der Waals surface area contributed by atoms with Crippen LogP contribution in [-0.4, -0.2) is 22.5 Å². The molecule has 5 heteroatoms. The van der Waals surface area contributed by atoms with Crippen molar-refractivity contribution in [2.75, 3.05) is 17.6 Å². The van der Waals surface area contributed by atoms with Crippen molar-refractivity contribution in [2.24, 2.45) is 0 Å². The molecule has 0 radical (unpaired) electrons. The Morgan fingerprint density at radius 1 is 1.30 bits per heavy atom. The number of nitrogens with one attached hydrogen (secondary N) is 1. The first kappa shape index (κ1) is 13.9. The van der Waals surface area contributed by atoms with Crippen LogP contribution in [0.5, 0.6) is 0 Å². The largest absolute Gasteiger partial charge is 0.399 e. The summed E-state index contributed by atoms with van der Waals surface area (Å²) < 4.78 is 0. The summed E-state index contributed by atoms with van der Waals surface area (Å²) in [6, 6.07) is 12.6. The molecule has 2 aromatic rings. The molecule has 0 aliphatic heterocycles. The number of hydrogen-bond acceptors (Lipinski definition) is 3. The standard InChI is InChI=1S/C15H18N4O/c1-2-19(11-14-7-3-4-9-17-14)15(20)18-13-8-5-6-12(16)10-13/h3-10H,2,11,16H2,1H3,(H,18,20). The first-order valence-electron chi connectivity index (χ1n) is 6.50. The Kier molecular flexibility index (Phi) is 4.55. The Morgan fingerprint density at radius 3 is 2.80 bits per heavy atom. The molecule has 20 heavy (non-hydrogen) atoms. The van der Waals surface area contributed by atoms with E-state index in [4.69, 9.17) is 5.73 Å². The van der Waals surface area contributed by atoms with Crippen LogP contribution in [-0.2, 0) is 6.54 Å². The lowest BCUT2D eigenvalue weighted by Gasteiger charge is -2.21. The van der Waals surface area contributed by atoms with Crippen LogP contribution in [0.1, 0.15) is 12.6 Å². The van der Waals surface area contributed by atoms with Gasteiger partial charge in [-0.2, -0.15) is 0 Å². The second-order valence-corrected chi connectivity index (χ2v) is 4.39. The van der Waals surface area contributed by atoms with Gasteiger partial charge in [0.1, 0.15) is 0 Å². The maximum atomic E-state index is 12.2. The van der Waals surface area contributed by atoms with Gasteiger partial charge in [-0.3, -0.25) is 4.98 Å². The molecule has 0 saturated heterocycles. The molecule has 0 bridgehead atoms. The van der Waals surface area contributed by atoms with Crippen LogP contribution >= 0.6 is 0 Å². The number of carbonyl (C=O) groups is 1. The molecular weight excluding hydrogens is 252 g/mol. The average Bonchev–Trinajstić information content (AvgIpc) is 2.45. The van der Waals surface area contributed by atoms with Gasteiger partial charge in [0, 0.05) is 24.1 Å². The number of rotatable bonds is 4. The third kappa shape index (κ3) is 3.71. The summed E-state index contributed by atoms with van der Waals surface area (Å²) in [7, 11) is 0. The van der Waals surface area contributed by atoms with Gasteiger partial charge in [-0.1, -0.05) is 12.1 Å². The number of nitrogen functional groups attached to an aromatic ring is 1.